The van der Waals surface area contributed by atoms with Gasteiger partial charge in [0, 0.05) is 54.3 Å². The lowest BCUT2D eigenvalue weighted by Gasteiger charge is -2.30. The molecule has 0 spiro atoms. The second kappa shape index (κ2) is 8.64. The highest BCUT2D eigenvalue weighted by Crippen LogP contribution is 2.51. The molecule has 3 heterocycles. The molecule has 2 aliphatic rings. The van der Waals surface area contributed by atoms with Crippen molar-refractivity contribution in [1.82, 2.24) is 19.8 Å². The lowest BCUT2D eigenvalue weighted by Crippen LogP contribution is -2.37. The molecule has 1 aromatic carbocycles. The van der Waals surface area contributed by atoms with Crippen molar-refractivity contribution >= 4 is 23.2 Å². The first-order chi connectivity index (χ1) is 15.1. The first-order valence-corrected chi connectivity index (χ1v) is 11.8. The molecule has 4 rings (SSSR count). The lowest BCUT2D eigenvalue weighted by molar-refractivity contribution is 0.0755. The number of halogens is 1. The van der Waals surface area contributed by atoms with Gasteiger partial charge in [0.2, 0.25) is 0 Å². The van der Waals surface area contributed by atoms with Crippen LogP contribution in [0.25, 0.3) is 0 Å². The Kier molecular flexibility index (Phi) is 6.21. The third-order valence-corrected chi connectivity index (χ3v) is 7.97. The van der Waals surface area contributed by atoms with Crippen molar-refractivity contribution in [2.24, 2.45) is 10.8 Å². The number of carbonyl (C=O) groups excluding carboxylic acids is 1. The van der Waals surface area contributed by atoms with Crippen LogP contribution >= 0.6 is 11.6 Å². The Hall–Kier alpha value is -2.18. The van der Waals surface area contributed by atoms with Crippen LogP contribution in [0.5, 0.6) is 0 Å². The van der Waals surface area contributed by atoms with Crippen LogP contribution in [0.3, 0.4) is 0 Å². The van der Waals surface area contributed by atoms with Crippen LogP contribution in [0.15, 0.2) is 24.5 Å². The third-order valence-electron chi connectivity index (χ3n) is 7.56. The Labute approximate surface area is 196 Å². The molecule has 2 unspecified atom stereocenters. The standard InChI is InChI=1S/C25H34ClN5O/c1-17-7-8-20(11-21(17)26)27-9-6-10-30-12-24(4)14-31(15-25(24,5)13-30)23(32)22-18(2)28-16-29-19(22)3/h7-8,11,16,27H,6,9-10,12-15H2,1-5H3. The Bertz CT molecular complexity index is 987. The Morgan fingerprint density at radius 2 is 1.69 bits per heavy atom. The molecule has 32 heavy (non-hydrogen) atoms. The molecule has 1 N–H and O–H groups in total. The van der Waals surface area contributed by atoms with Gasteiger partial charge in [-0.1, -0.05) is 31.5 Å². The third kappa shape index (κ3) is 4.23. The van der Waals surface area contributed by atoms with E-state index in [4.69, 9.17) is 11.6 Å². The molecule has 1 amide bonds. The van der Waals surface area contributed by atoms with Crippen LogP contribution in [0.4, 0.5) is 5.69 Å². The van der Waals surface area contributed by atoms with E-state index in [1.807, 2.05) is 37.8 Å². The van der Waals surface area contributed by atoms with Gasteiger partial charge in [0.05, 0.1) is 17.0 Å². The van der Waals surface area contributed by atoms with Gasteiger partial charge in [-0.2, -0.15) is 0 Å². The summed E-state index contributed by atoms with van der Waals surface area (Å²) in [6, 6.07) is 6.12. The number of hydrogen-bond acceptors (Lipinski definition) is 5. The fourth-order valence-corrected chi connectivity index (χ4v) is 5.59. The molecule has 7 heteroatoms. The van der Waals surface area contributed by atoms with Gasteiger partial charge in [0.25, 0.3) is 5.91 Å². The van der Waals surface area contributed by atoms with Crippen molar-refractivity contribution in [3.05, 3.63) is 52.1 Å². The summed E-state index contributed by atoms with van der Waals surface area (Å²) in [7, 11) is 0. The second-order valence-corrected chi connectivity index (χ2v) is 10.6. The minimum Gasteiger partial charge on any atom is -0.385 e. The number of hydrogen-bond donors (Lipinski definition) is 1. The van der Waals surface area contributed by atoms with Crippen LogP contribution in [0.1, 0.15) is 47.6 Å². The monoisotopic (exact) mass is 455 g/mol. The average Bonchev–Trinajstić information content (AvgIpc) is 3.11. The number of fused-ring (bicyclic) bond motifs is 1. The predicted molar refractivity (Wildman–Crippen MR) is 129 cm³/mol. The highest BCUT2D eigenvalue weighted by Gasteiger charge is 2.58. The highest BCUT2D eigenvalue weighted by atomic mass is 35.5. The van der Waals surface area contributed by atoms with Gasteiger partial charge in [0.1, 0.15) is 6.33 Å². The molecule has 0 saturated carbocycles. The first-order valence-electron chi connectivity index (χ1n) is 11.4. The smallest absolute Gasteiger partial charge is 0.257 e. The number of aryl methyl sites for hydroxylation is 3. The van der Waals surface area contributed by atoms with Crippen molar-refractivity contribution in [1.29, 1.82) is 0 Å². The first kappa shape index (κ1) is 23.0. The summed E-state index contributed by atoms with van der Waals surface area (Å²) in [5, 5.41) is 4.28. The van der Waals surface area contributed by atoms with E-state index in [1.54, 1.807) is 0 Å². The van der Waals surface area contributed by atoms with Gasteiger partial charge in [-0.15, -0.1) is 0 Å². The van der Waals surface area contributed by atoms with Crippen LogP contribution in [0.2, 0.25) is 5.02 Å². The van der Waals surface area contributed by atoms with E-state index < -0.39 is 0 Å². The number of amides is 1. The topological polar surface area (TPSA) is 61.4 Å². The van der Waals surface area contributed by atoms with Gasteiger partial charge < -0.3 is 15.1 Å². The SMILES string of the molecule is Cc1ccc(NCCCN2CC3(C)CN(C(=O)c4c(C)ncnc4C)CC3(C)C2)cc1Cl. The van der Waals surface area contributed by atoms with Gasteiger partial charge in [0.15, 0.2) is 0 Å². The van der Waals surface area contributed by atoms with Crippen LogP contribution < -0.4 is 5.32 Å². The van der Waals surface area contributed by atoms with Gasteiger partial charge in [-0.3, -0.25) is 4.79 Å². The number of anilines is 1. The molecule has 1 aromatic heterocycles. The van der Waals surface area contributed by atoms with Crippen molar-refractivity contribution in [3.63, 3.8) is 0 Å². The Morgan fingerprint density at radius 1 is 1.06 bits per heavy atom. The fraction of sp³-hybridized carbons (Fsp3) is 0.560. The molecular weight excluding hydrogens is 422 g/mol. The number of nitrogens with one attached hydrogen (secondary N) is 1. The maximum absolute atomic E-state index is 13.3. The van der Waals surface area contributed by atoms with Crippen molar-refractivity contribution in [2.75, 3.05) is 44.6 Å². The summed E-state index contributed by atoms with van der Waals surface area (Å²) < 4.78 is 0. The van der Waals surface area contributed by atoms with Crippen molar-refractivity contribution in [2.45, 2.75) is 41.0 Å². The van der Waals surface area contributed by atoms with E-state index in [0.717, 1.165) is 73.4 Å². The van der Waals surface area contributed by atoms with Crippen LogP contribution in [0, 0.1) is 31.6 Å². The molecule has 2 aromatic rings. The molecule has 0 bridgehead atoms. The predicted octanol–water partition coefficient (Wildman–Crippen LogP) is 4.34. The normalized spacial score (nSPS) is 25.2. The van der Waals surface area contributed by atoms with Crippen LogP contribution in [-0.4, -0.2) is 64.9 Å². The van der Waals surface area contributed by atoms with E-state index in [-0.39, 0.29) is 16.7 Å². The number of rotatable bonds is 6. The summed E-state index contributed by atoms with van der Waals surface area (Å²) in [6.45, 7) is 16.1. The number of carbonyl (C=O) groups is 1. The maximum atomic E-state index is 13.3. The molecule has 2 saturated heterocycles. The molecule has 2 fully saturated rings. The van der Waals surface area contributed by atoms with Crippen molar-refractivity contribution in [3.8, 4) is 0 Å². The largest absolute Gasteiger partial charge is 0.385 e. The van der Waals surface area contributed by atoms with Gasteiger partial charge >= 0.3 is 0 Å². The summed E-state index contributed by atoms with van der Waals surface area (Å²) in [4.78, 5) is 26.4. The fourth-order valence-electron chi connectivity index (χ4n) is 5.41. The number of aromatic nitrogens is 2. The second-order valence-electron chi connectivity index (χ2n) is 10.2. The van der Waals surface area contributed by atoms with Gasteiger partial charge in [-0.25, -0.2) is 9.97 Å². The van der Waals surface area contributed by atoms with E-state index in [9.17, 15) is 4.79 Å². The molecule has 172 valence electrons. The highest BCUT2D eigenvalue weighted by molar-refractivity contribution is 6.31. The summed E-state index contributed by atoms with van der Waals surface area (Å²) in [6.07, 6.45) is 2.60. The van der Waals surface area contributed by atoms with Gasteiger partial charge in [-0.05, 0) is 51.4 Å². The quantitative estimate of drug-likeness (QED) is 0.656. The van der Waals surface area contributed by atoms with E-state index in [2.05, 4.69) is 40.1 Å². The summed E-state index contributed by atoms with van der Waals surface area (Å²) >= 11 is 6.22. The molecule has 2 atom stereocenters. The Morgan fingerprint density at radius 3 is 2.28 bits per heavy atom. The molecule has 0 aliphatic carbocycles. The molecule has 6 nitrogen and oxygen atoms in total. The lowest BCUT2D eigenvalue weighted by atomic mass is 9.71. The van der Waals surface area contributed by atoms with E-state index in [1.165, 1.54) is 6.33 Å². The molecule has 0 radical (unpaired) electrons. The average molecular weight is 456 g/mol. The number of nitrogens with zero attached hydrogens (tertiary/aromatic N) is 4. The zero-order valence-corrected chi connectivity index (χ0v) is 20.6. The minimum atomic E-state index is 0.0740. The zero-order valence-electron chi connectivity index (χ0n) is 19.8. The molecule has 2 aliphatic heterocycles. The van der Waals surface area contributed by atoms with E-state index >= 15 is 0 Å². The van der Waals surface area contributed by atoms with E-state index in [0.29, 0.717) is 5.56 Å². The Balaban J connectivity index is 1.32. The van der Waals surface area contributed by atoms with Crippen LogP contribution in [-0.2, 0) is 0 Å². The molecular formula is C25H34ClN5O. The minimum absolute atomic E-state index is 0.0740. The van der Waals surface area contributed by atoms with Crippen molar-refractivity contribution < 1.29 is 4.79 Å². The summed E-state index contributed by atoms with van der Waals surface area (Å²) in [5.41, 5.74) is 4.55. The number of benzene rings is 1. The number of likely N-dealkylation sites (tertiary alicyclic amines) is 2. The summed E-state index contributed by atoms with van der Waals surface area (Å²) in [5.74, 6) is 0.0740. The zero-order chi connectivity index (χ0) is 23.1. The maximum Gasteiger partial charge on any atom is 0.257 e.